The van der Waals surface area contributed by atoms with Crippen LogP contribution in [0.15, 0.2) is 51.1 Å². The molecular formula is C21H28S2. The highest BCUT2D eigenvalue weighted by atomic mass is 32.2. The summed E-state index contributed by atoms with van der Waals surface area (Å²) in [5, 5.41) is 0.624. The predicted molar refractivity (Wildman–Crippen MR) is 106 cm³/mol. The molecule has 0 saturated heterocycles. The molecule has 0 saturated carbocycles. The van der Waals surface area contributed by atoms with Crippen LogP contribution in [0.2, 0.25) is 0 Å². The lowest BCUT2D eigenvalue weighted by Gasteiger charge is -2.14. The molecule has 0 amide bonds. The Morgan fingerprint density at radius 1 is 0.826 bits per heavy atom. The smallest absolute Gasteiger partial charge is 0.0134 e. The van der Waals surface area contributed by atoms with Gasteiger partial charge >= 0.3 is 0 Å². The van der Waals surface area contributed by atoms with Gasteiger partial charge in [-0.3, -0.25) is 0 Å². The van der Waals surface area contributed by atoms with Crippen molar-refractivity contribution in [3.8, 4) is 0 Å². The SMILES string of the molecule is Cc1cc(Sc2ccc(CC(C)C)cc2)cc(C)c1SC(C)C. The van der Waals surface area contributed by atoms with Crippen LogP contribution in [-0.4, -0.2) is 5.25 Å². The highest BCUT2D eigenvalue weighted by molar-refractivity contribution is 8.00. The van der Waals surface area contributed by atoms with Crippen LogP contribution in [0, 0.1) is 19.8 Å². The average Bonchev–Trinajstić information content (AvgIpc) is 2.44. The van der Waals surface area contributed by atoms with Crippen molar-refractivity contribution in [3.05, 3.63) is 53.1 Å². The lowest BCUT2D eigenvalue weighted by molar-refractivity contribution is 0.647. The normalized spacial score (nSPS) is 11.5. The molecule has 0 aromatic heterocycles. The van der Waals surface area contributed by atoms with Crippen molar-refractivity contribution in [2.24, 2.45) is 5.92 Å². The molecule has 0 unspecified atom stereocenters. The zero-order valence-corrected chi connectivity index (χ0v) is 16.8. The van der Waals surface area contributed by atoms with Gasteiger partial charge in [0.15, 0.2) is 0 Å². The second kappa shape index (κ2) is 8.30. The van der Waals surface area contributed by atoms with Crippen LogP contribution in [0.25, 0.3) is 0 Å². The molecule has 2 heteroatoms. The van der Waals surface area contributed by atoms with Gasteiger partial charge in [-0.15, -0.1) is 11.8 Å². The van der Waals surface area contributed by atoms with E-state index in [4.69, 9.17) is 0 Å². The van der Waals surface area contributed by atoms with Gasteiger partial charge < -0.3 is 0 Å². The van der Waals surface area contributed by atoms with E-state index in [0.717, 1.165) is 6.42 Å². The highest BCUT2D eigenvalue weighted by Gasteiger charge is 2.09. The minimum Gasteiger partial charge on any atom is -0.123 e. The molecule has 2 aromatic rings. The number of hydrogen-bond donors (Lipinski definition) is 0. The first kappa shape index (κ1) is 18.5. The minimum atomic E-state index is 0.624. The van der Waals surface area contributed by atoms with Gasteiger partial charge in [0, 0.05) is 19.9 Å². The first-order chi connectivity index (χ1) is 10.8. The van der Waals surface area contributed by atoms with Crippen LogP contribution < -0.4 is 0 Å². The molecule has 0 N–H and O–H groups in total. The number of benzene rings is 2. The molecule has 0 nitrogen and oxygen atoms in total. The monoisotopic (exact) mass is 344 g/mol. The Balaban J connectivity index is 2.14. The topological polar surface area (TPSA) is 0 Å². The van der Waals surface area contributed by atoms with Crippen LogP contribution in [0.4, 0.5) is 0 Å². The van der Waals surface area contributed by atoms with Crippen molar-refractivity contribution in [1.29, 1.82) is 0 Å². The van der Waals surface area contributed by atoms with Crippen LogP contribution in [-0.2, 0) is 6.42 Å². The lowest BCUT2D eigenvalue weighted by Crippen LogP contribution is -1.93. The Morgan fingerprint density at radius 2 is 1.39 bits per heavy atom. The summed E-state index contributed by atoms with van der Waals surface area (Å²) in [5.41, 5.74) is 4.21. The van der Waals surface area contributed by atoms with Crippen molar-refractivity contribution in [1.82, 2.24) is 0 Å². The minimum absolute atomic E-state index is 0.624. The van der Waals surface area contributed by atoms with Crippen molar-refractivity contribution < 1.29 is 0 Å². The predicted octanol–water partition coefficient (Wildman–Crippen LogP) is 7.15. The van der Waals surface area contributed by atoms with Crippen LogP contribution >= 0.6 is 23.5 Å². The van der Waals surface area contributed by atoms with Crippen LogP contribution in [0.5, 0.6) is 0 Å². The van der Waals surface area contributed by atoms with Gasteiger partial charge in [0.2, 0.25) is 0 Å². The second-order valence-corrected chi connectivity index (χ2v) is 9.63. The molecule has 2 aromatic carbocycles. The Hall–Kier alpha value is -0.860. The average molecular weight is 345 g/mol. The molecule has 0 radical (unpaired) electrons. The molecule has 23 heavy (non-hydrogen) atoms. The Bertz CT molecular complexity index is 616. The maximum Gasteiger partial charge on any atom is 0.0134 e. The van der Waals surface area contributed by atoms with Crippen LogP contribution in [0.3, 0.4) is 0 Å². The van der Waals surface area contributed by atoms with Gasteiger partial charge in [0.1, 0.15) is 0 Å². The Morgan fingerprint density at radius 3 is 1.87 bits per heavy atom. The molecule has 0 aliphatic rings. The van der Waals surface area contributed by atoms with Crippen molar-refractivity contribution >= 4 is 23.5 Å². The van der Waals surface area contributed by atoms with E-state index in [1.807, 2.05) is 23.5 Å². The largest absolute Gasteiger partial charge is 0.123 e. The quantitative estimate of drug-likeness (QED) is 0.510. The van der Waals surface area contributed by atoms with E-state index in [9.17, 15) is 0 Å². The van der Waals surface area contributed by atoms with E-state index in [0.29, 0.717) is 11.2 Å². The zero-order valence-electron chi connectivity index (χ0n) is 15.1. The van der Waals surface area contributed by atoms with Crippen molar-refractivity contribution in [2.75, 3.05) is 0 Å². The zero-order chi connectivity index (χ0) is 17.0. The molecule has 0 atom stereocenters. The molecule has 2 rings (SSSR count). The van der Waals surface area contributed by atoms with E-state index >= 15 is 0 Å². The van der Waals surface area contributed by atoms with Gasteiger partial charge in [-0.1, -0.05) is 51.6 Å². The molecule has 0 bridgehead atoms. The van der Waals surface area contributed by atoms with Gasteiger partial charge in [-0.2, -0.15) is 0 Å². The van der Waals surface area contributed by atoms with E-state index in [1.54, 1.807) is 0 Å². The van der Waals surface area contributed by atoms with Crippen molar-refractivity contribution in [3.63, 3.8) is 0 Å². The van der Waals surface area contributed by atoms with Gasteiger partial charge in [-0.25, -0.2) is 0 Å². The number of aryl methyl sites for hydroxylation is 2. The molecule has 124 valence electrons. The lowest BCUT2D eigenvalue weighted by atomic mass is 10.0. The maximum absolute atomic E-state index is 2.32. The van der Waals surface area contributed by atoms with Gasteiger partial charge in [0.05, 0.1) is 0 Å². The summed E-state index contributed by atoms with van der Waals surface area (Å²) in [5.74, 6) is 0.713. The summed E-state index contributed by atoms with van der Waals surface area (Å²) >= 11 is 3.83. The first-order valence-corrected chi connectivity index (χ1v) is 10.1. The molecule has 0 aliphatic heterocycles. The van der Waals surface area contributed by atoms with E-state index < -0.39 is 0 Å². The molecule has 0 heterocycles. The Labute approximate surface area is 150 Å². The standard InChI is InChI=1S/C21H28S2/c1-14(2)11-18-7-9-19(10-8-18)23-20-12-16(5)21(17(6)13-20)22-15(3)4/h7-10,12-15H,11H2,1-6H3. The summed E-state index contributed by atoms with van der Waals surface area (Å²) in [6, 6.07) is 13.7. The summed E-state index contributed by atoms with van der Waals surface area (Å²) in [6.45, 7) is 13.5. The van der Waals surface area contributed by atoms with Crippen LogP contribution in [0.1, 0.15) is 44.4 Å². The molecular weight excluding hydrogens is 316 g/mol. The summed E-state index contributed by atoms with van der Waals surface area (Å²) in [7, 11) is 0. The maximum atomic E-state index is 2.32. The highest BCUT2D eigenvalue weighted by Crippen LogP contribution is 2.35. The van der Waals surface area contributed by atoms with E-state index in [1.165, 1.54) is 31.4 Å². The van der Waals surface area contributed by atoms with Crippen molar-refractivity contribution in [2.45, 2.75) is 67.9 Å². The third kappa shape index (κ3) is 5.61. The fourth-order valence-corrected chi connectivity index (χ4v) is 4.67. The molecule has 0 aliphatic carbocycles. The first-order valence-electron chi connectivity index (χ1n) is 8.40. The number of rotatable bonds is 6. The van der Waals surface area contributed by atoms with Gasteiger partial charge in [0.25, 0.3) is 0 Å². The number of thioether (sulfide) groups is 1. The Kier molecular flexibility index (Phi) is 6.67. The fraction of sp³-hybridized carbons (Fsp3) is 0.429. The van der Waals surface area contributed by atoms with E-state index in [-0.39, 0.29) is 0 Å². The third-order valence-corrected chi connectivity index (χ3v) is 5.92. The summed E-state index contributed by atoms with van der Waals surface area (Å²) in [4.78, 5) is 4.10. The summed E-state index contributed by atoms with van der Waals surface area (Å²) in [6.07, 6.45) is 1.16. The van der Waals surface area contributed by atoms with E-state index in [2.05, 4.69) is 77.9 Å². The molecule has 0 fully saturated rings. The van der Waals surface area contributed by atoms with Gasteiger partial charge in [-0.05, 0) is 67.1 Å². The second-order valence-electron chi connectivity index (χ2n) is 6.90. The fourth-order valence-electron chi connectivity index (χ4n) is 2.69. The number of hydrogen-bond acceptors (Lipinski definition) is 2. The molecule has 0 spiro atoms. The third-order valence-electron chi connectivity index (χ3n) is 3.59. The summed E-state index contributed by atoms with van der Waals surface area (Å²) < 4.78 is 0.